The van der Waals surface area contributed by atoms with Crippen LogP contribution in [-0.4, -0.2) is 43.6 Å². The summed E-state index contributed by atoms with van der Waals surface area (Å²) in [6.45, 7) is 5.26. The van der Waals surface area contributed by atoms with E-state index >= 15 is 0 Å². The van der Waals surface area contributed by atoms with Crippen molar-refractivity contribution >= 4 is 11.6 Å². The first kappa shape index (κ1) is 14.2. The van der Waals surface area contributed by atoms with Gasteiger partial charge in [-0.3, -0.25) is 4.99 Å². The number of hydrogen-bond donors (Lipinski definition) is 1. The van der Waals surface area contributed by atoms with E-state index in [4.69, 9.17) is 5.73 Å². The summed E-state index contributed by atoms with van der Waals surface area (Å²) in [5.74, 6) is 1.39. The first-order valence-corrected chi connectivity index (χ1v) is 8.18. The maximum absolute atomic E-state index is 6.13. The number of likely N-dealkylation sites (tertiary alicyclic amines) is 1. The third-order valence-corrected chi connectivity index (χ3v) is 4.60. The van der Waals surface area contributed by atoms with E-state index in [1.165, 1.54) is 31.4 Å². The Kier molecular flexibility index (Phi) is 4.63. The Labute approximate surface area is 127 Å². The maximum atomic E-state index is 6.13. The van der Waals surface area contributed by atoms with Gasteiger partial charge in [0.2, 0.25) is 0 Å². The Balaban J connectivity index is 1.50. The molecule has 1 atom stereocenters. The molecule has 0 bridgehead atoms. The van der Waals surface area contributed by atoms with Gasteiger partial charge in [0.25, 0.3) is 0 Å². The predicted octanol–water partition coefficient (Wildman–Crippen LogP) is 2.31. The summed E-state index contributed by atoms with van der Waals surface area (Å²) in [7, 11) is 0. The molecule has 2 aliphatic heterocycles. The predicted molar refractivity (Wildman–Crippen MR) is 88.7 cm³/mol. The second-order valence-electron chi connectivity index (χ2n) is 6.18. The summed E-state index contributed by atoms with van der Waals surface area (Å²) < 4.78 is 0. The van der Waals surface area contributed by atoms with Crippen molar-refractivity contribution in [3.63, 3.8) is 0 Å². The van der Waals surface area contributed by atoms with Crippen LogP contribution in [0.5, 0.6) is 0 Å². The zero-order valence-corrected chi connectivity index (χ0v) is 12.7. The van der Waals surface area contributed by atoms with Crippen molar-refractivity contribution in [1.82, 2.24) is 4.90 Å². The monoisotopic (exact) mass is 286 g/mol. The van der Waals surface area contributed by atoms with Gasteiger partial charge in [-0.2, -0.15) is 0 Å². The van der Waals surface area contributed by atoms with Crippen LogP contribution in [0.15, 0.2) is 35.3 Å². The van der Waals surface area contributed by atoms with E-state index in [9.17, 15) is 0 Å². The van der Waals surface area contributed by atoms with Gasteiger partial charge >= 0.3 is 0 Å². The fourth-order valence-electron chi connectivity index (χ4n) is 3.30. The summed E-state index contributed by atoms with van der Waals surface area (Å²) in [5, 5.41) is 0. The third kappa shape index (κ3) is 3.69. The van der Waals surface area contributed by atoms with Crippen LogP contribution in [0.4, 0.5) is 5.69 Å². The Morgan fingerprint density at radius 1 is 1.10 bits per heavy atom. The molecule has 0 aromatic heterocycles. The highest BCUT2D eigenvalue weighted by atomic mass is 15.3. The molecule has 3 rings (SSSR count). The van der Waals surface area contributed by atoms with Crippen molar-refractivity contribution in [3.05, 3.63) is 30.3 Å². The summed E-state index contributed by atoms with van der Waals surface area (Å²) in [6, 6.07) is 10.7. The van der Waals surface area contributed by atoms with E-state index < -0.39 is 0 Å². The number of benzene rings is 1. The molecular weight excluding hydrogens is 260 g/mol. The van der Waals surface area contributed by atoms with Gasteiger partial charge in [-0.25, -0.2) is 0 Å². The normalized spacial score (nSPS) is 23.6. The maximum Gasteiger partial charge on any atom is 0.191 e. The molecule has 4 nitrogen and oxygen atoms in total. The number of nitrogens with zero attached hydrogens (tertiary/aromatic N) is 3. The average molecular weight is 286 g/mol. The SMILES string of the molecule is NC(=NCC1CCN(c2ccccc2)C1)N1CCCCC1. The number of nitrogens with two attached hydrogens (primary N) is 1. The highest BCUT2D eigenvalue weighted by molar-refractivity contribution is 5.78. The molecule has 0 amide bonds. The molecule has 0 spiro atoms. The quantitative estimate of drug-likeness (QED) is 0.685. The van der Waals surface area contributed by atoms with E-state index in [2.05, 4.69) is 45.1 Å². The fourth-order valence-corrected chi connectivity index (χ4v) is 3.30. The second-order valence-corrected chi connectivity index (χ2v) is 6.18. The molecule has 0 saturated carbocycles. The minimum Gasteiger partial charge on any atom is -0.371 e. The van der Waals surface area contributed by atoms with Gasteiger partial charge in [0.1, 0.15) is 0 Å². The molecule has 1 unspecified atom stereocenters. The molecule has 1 aromatic rings. The number of anilines is 1. The second kappa shape index (κ2) is 6.83. The lowest BCUT2D eigenvalue weighted by molar-refractivity contribution is 0.337. The van der Waals surface area contributed by atoms with Crippen molar-refractivity contribution in [1.29, 1.82) is 0 Å². The standard InChI is InChI=1S/C17H26N4/c18-17(20-10-5-2-6-11-20)19-13-15-9-12-21(14-15)16-7-3-1-4-8-16/h1,3-4,7-8,15H,2,5-6,9-14H2,(H2,18,19). The first-order valence-electron chi connectivity index (χ1n) is 8.18. The molecule has 4 heteroatoms. The summed E-state index contributed by atoms with van der Waals surface area (Å²) in [5.41, 5.74) is 7.46. The number of hydrogen-bond acceptors (Lipinski definition) is 2. The zero-order chi connectivity index (χ0) is 14.5. The van der Waals surface area contributed by atoms with E-state index in [1.807, 2.05) is 0 Å². The topological polar surface area (TPSA) is 44.9 Å². The number of para-hydroxylation sites is 1. The van der Waals surface area contributed by atoms with E-state index in [0.29, 0.717) is 5.92 Å². The van der Waals surface area contributed by atoms with Gasteiger partial charge in [0.15, 0.2) is 5.96 Å². The Hall–Kier alpha value is -1.71. The van der Waals surface area contributed by atoms with Gasteiger partial charge in [0, 0.05) is 38.4 Å². The zero-order valence-electron chi connectivity index (χ0n) is 12.7. The van der Waals surface area contributed by atoms with Crippen molar-refractivity contribution < 1.29 is 0 Å². The minimum atomic E-state index is 0.633. The largest absolute Gasteiger partial charge is 0.371 e. The van der Waals surface area contributed by atoms with Crippen LogP contribution in [0.2, 0.25) is 0 Å². The molecular formula is C17H26N4. The summed E-state index contributed by atoms with van der Waals surface area (Å²) >= 11 is 0. The Morgan fingerprint density at radius 3 is 2.62 bits per heavy atom. The molecule has 2 heterocycles. The minimum absolute atomic E-state index is 0.633. The fraction of sp³-hybridized carbons (Fsp3) is 0.588. The average Bonchev–Trinajstić information content (AvgIpc) is 3.03. The van der Waals surface area contributed by atoms with Gasteiger partial charge in [0.05, 0.1) is 0 Å². The lowest BCUT2D eigenvalue weighted by Crippen LogP contribution is -2.41. The molecule has 114 valence electrons. The van der Waals surface area contributed by atoms with Crippen LogP contribution >= 0.6 is 0 Å². The molecule has 1 aromatic carbocycles. The summed E-state index contributed by atoms with van der Waals surface area (Å²) in [6.07, 6.45) is 5.05. The number of piperidine rings is 1. The Bertz CT molecular complexity index is 465. The van der Waals surface area contributed by atoms with Crippen LogP contribution < -0.4 is 10.6 Å². The van der Waals surface area contributed by atoms with E-state index in [-0.39, 0.29) is 0 Å². The smallest absolute Gasteiger partial charge is 0.191 e. The third-order valence-electron chi connectivity index (χ3n) is 4.60. The van der Waals surface area contributed by atoms with Gasteiger partial charge < -0.3 is 15.5 Å². The van der Waals surface area contributed by atoms with Gasteiger partial charge in [-0.1, -0.05) is 18.2 Å². The number of rotatable bonds is 3. The molecule has 21 heavy (non-hydrogen) atoms. The lowest BCUT2D eigenvalue weighted by Gasteiger charge is -2.27. The van der Waals surface area contributed by atoms with Gasteiger partial charge in [-0.05, 0) is 43.7 Å². The number of aliphatic imine (C=N–C) groups is 1. The van der Waals surface area contributed by atoms with Crippen LogP contribution in [0.25, 0.3) is 0 Å². The number of guanidine groups is 1. The van der Waals surface area contributed by atoms with Crippen molar-refractivity contribution in [3.8, 4) is 0 Å². The van der Waals surface area contributed by atoms with Gasteiger partial charge in [-0.15, -0.1) is 0 Å². The van der Waals surface area contributed by atoms with E-state index in [0.717, 1.165) is 38.7 Å². The lowest BCUT2D eigenvalue weighted by atomic mass is 10.1. The van der Waals surface area contributed by atoms with Crippen LogP contribution in [-0.2, 0) is 0 Å². The molecule has 2 saturated heterocycles. The summed E-state index contributed by atoms with van der Waals surface area (Å²) in [4.78, 5) is 9.35. The molecule has 2 aliphatic rings. The highest BCUT2D eigenvalue weighted by Crippen LogP contribution is 2.23. The highest BCUT2D eigenvalue weighted by Gasteiger charge is 2.22. The first-order chi connectivity index (χ1) is 10.3. The van der Waals surface area contributed by atoms with Crippen LogP contribution in [0.1, 0.15) is 25.7 Å². The van der Waals surface area contributed by atoms with E-state index in [1.54, 1.807) is 0 Å². The molecule has 2 fully saturated rings. The van der Waals surface area contributed by atoms with Crippen molar-refractivity contribution in [2.75, 3.05) is 37.6 Å². The molecule has 0 aliphatic carbocycles. The molecule has 0 radical (unpaired) electrons. The van der Waals surface area contributed by atoms with Crippen molar-refractivity contribution in [2.24, 2.45) is 16.6 Å². The molecule has 2 N–H and O–H groups in total. The Morgan fingerprint density at radius 2 is 1.86 bits per heavy atom. The van der Waals surface area contributed by atoms with Crippen LogP contribution in [0.3, 0.4) is 0 Å². The van der Waals surface area contributed by atoms with Crippen LogP contribution in [0, 0.1) is 5.92 Å². The van der Waals surface area contributed by atoms with Crippen molar-refractivity contribution in [2.45, 2.75) is 25.7 Å².